The third-order valence-electron chi connectivity index (χ3n) is 6.78. The monoisotopic (exact) mass is 264 g/mol. The van der Waals surface area contributed by atoms with Gasteiger partial charge in [0.15, 0.2) is 5.78 Å². The predicted octanol–water partition coefficient (Wildman–Crippen LogP) is 2.17. The molecule has 106 valence electrons. The summed E-state index contributed by atoms with van der Waals surface area (Å²) in [5, 5.41) is 8.69. The van der Waals surface area contributed by atoms with E-state index in [0.717, 1.165) is 24.2 Å². The van der Waals surface area contributed by atoms with Crippen LogP contribution in [0.2, 0.25) is 0 Å². The highest BCUT2D eigenvalue weighted by atomic mass is 16.5. The number of aliphatic hydroxyl groups is 1. The van der Waals surface area contributed by atoms with Crippen molar-refractivity contribution in [1.82, 2.24) is 0 Å². The minimum Gasteiger partial charge on any atom is -0.394 e. The number of fused-ring (bicyclic) bond motifs is 2. The second-order valence-electron chi connectivity index (χ2n) is 7.64. The molecule has 1 N–H and O–H groups in total. The van der Waals surface area contributed by atoms with Gasteiger partial charge >= 0.3 is 0 Å². The number of ether oxygens (including phenoxy) is 1. The second kappa shape index (κ2) is 4.05. The number of rotatable bonds is 6. The average molecular weight is 264 g/mol. The van der Waals surface area contributed by atoms with Gasteiger partial charge in [-0.15, -0.1) is 0 Å². The Morgan fingerprint density at radius 1 is 1.16 bits per heavy atom. The normalized spacial score (nSPS) is 49.2. The first-order valence-electron chi connectivity index (χ1n) is 7.88. The molecule has 0 amide bonds. The van der Waals surface area contributed by atoms with Crippen molar-refractivity contribution in [1.29, 1.82) is 0 Å². The summed E-state index contributed by atoms with van der Waals surface area (Å²) in [7, 11) is 0. The minimum atomic E-state index is 0.00812. The maximum atomic E-state index is 12.2. The standard InChI is InChI=1S/C16H24O3/c17-1-2-19-10-14(18)9-15-5-12-3-11-4-13(8-15)16(15,6-11)7-12/h11-13,17H,1-10H2. The van der Waals surface area contributed by atoms with Crippen LogP contribution in [0.3, 0.4) is 0 Å². The predicted molar refractivity (Wildman–Crippen MR) is 70.6 cm³/mol. The molecule has 4 rings (SSSR count). The Kier molecular flexibility index (Phi) is 2.63. The molecule has 3 heteroatoms. The number of carbonyl (C=O) groups is 1. The molecule has 0 aromatic heterocycles. The van der Waals surface area contributed by atoms with Crippen LogP contribution in [0, 0.1) is 28.6 Å². The molecule has 3 bridgehead atoms. The van der Waals surface area contributed by atoms with Crippen LogP contribution in [0.5, 0.6) is 0 Å². The van der Waals surface area contributed by atoms with Crippen LogP contribution in [-0.4, -0.2) is 30.7 Å². The van der Waals surface area contributed by atoms with Crippen LogP contribution < -0.4 is 0 Å². The van der Waals surface area contributed by atoms with Crippen LogP contribution in [0.15, 0.2) is 0 Å². The minimum absolute atomic E-state index is 0.00812. The first-order chi connectivity index (χ1) is 9.17. The van der Waals surface area contributed by atoms with Gasteiger partial charge in [-0.2, -0.15) is 0 Å². The number of carbonyl (C=O) groups excluding carboxylic acids is 1. The topological polar surface area (TPSA) is 46.5 Å². The lowest BCUT2D eigenvalue weighted by atomic mass is 9.45. The third-order valence-corrected chi connectivity index (χ3v) is 6.78. The lowest BCUT2D eigenvalue weighted by Crippen LogP contribution is -2.53. The molecule has 5 atom stereocenters. The van der Waals surface area contributed by atoms with E-state index >= 15 is 0 Å². The summed E-state index contributed by atoms with van der Waals surface area (Å²) in [6.07, 6.45) is 9.09. The molecular weight excluding hydrogens is 240 g/mol. The SMILES string of the molecule is O=C(COCCO)CC12CC3CC4CC(C1)C2(C4)C3. The average Bonchev–Trinajstić information content (AvgIpc) is 2.66. The van der Waals surface area contributed by atoms with Gasteiger partial charge in [0, 0.05) is 6.42 Å². The summed E-state index contributed by atoms with van der Waals surface area (Å²) in [5.41, 5.74) is 0.917. The van der Waals surface area contributed by atoms with Gasteiger partial charge in [-0.1, -0.05) is 0 Å². The van der Waals surface area contributed by atoms with Crippen LogP contribution in [0.25, 0.3) is 0 Å². The van der Waals surface area contributed by atoms with Crippen LogP contribution in [0.4, 0.5) is 0 Å². The van der Waals surface area contributed by atoms with Gasteiger partial charge in [-0.25, -0.2) is 0 Å². The van der Waals surface area contributed by atoms with Gasteiger partial charge in [0.25, 0.3) is 0 Å². The Balaban J connectivity index is 1.46. The zero-order chi connectivity index (χ0) is 13.1. The van der Waals surface area contributed by atoms with E-state index in [4.69, 9.17) is 9.84 Å². The lowest BCUT2D eigenvalue weighted by molar-refractivity contribution is -0.142. The molecule has 3 nitrogen and oxygen atoms in total. The molecule has 0 radical (unpaired) electrons. The molecule has 5 unspecified atom stereocenters. The molecule has 0 aliphatic heterocycles. The molecule has 0 saturated heterocycles. The molecule has 1 spiro atoms. The second-order valence-corrected chi connectivity index (χ2v) is 7.64. The Bertz CT molecular complexity index is 401. The maximum absolute atomic E-state index is 12.2. The first-order valence-corrected chi connectivity index (χ1v) is 7.88. The summed E-state index contributed by atoms with van der Waals surface area (Å²) in [5.74, 6) is 3.10. The Labute approximate surface area is 114 Å². The molecule has 4 saturated carbocycles. The fourth-order valence-corrected chi connectivity index (χ4v) is 6.58. The van der Waals surface area contributed by atoms with E-state index < -0.39 is 0 Å². The fraction of sp³-hybridized carbons (Fsp3) is 0.938. The van der Waals surface area contributed by atoms with Crippen molar-refractivity contribution < 1.29 is 14.6 Å². The highest BCUT2D eigenvalue weighted by Gasteiger charge is 2.74. The van der Waals surface area contributed by atoms with E-state index in [0.29, 0.717) is 10.8 Å². The Morgan fingerprint density at radius 2 is 2.00 bits per heavy atom. The molecule has 4 fully saturated rings. The zero-order valence-corrected chi connectivity index (χ0v) is 11.6. The summed E-state index contributed by atoms with van der Waals surface area (Å²) < 4.78 is 5.21. The third kappa shape index (κ3) is 1.55. The van der Waals surface area contributed by atoms with E-state index in [1.807, 2.05) is 0 Å². The molecule has 0 aromatic rings. The van der Waals surface area contributed by atoms with E-state index in [9.17, 15) is 4.79 Å². The van der Waals surface area contributed by atoms with Crippen molar-refractivity contribution in [2.45, 2.75) is 44.9 Å². The number of hydrogen-bond acceptors (Lipinski definition) is 3. The van der Waals surface area contributed by atoms with Gasteiger partial charge in [-0.3, -0.25) is 4.79 Å². The highest BCUT2D eigenvalue weighted by Crippen LogP contribution is 2.82. The molecule has 19 heavy (non-hydrogen) atoms. The van der Waals surface area contributed by atoms with Gasteiger partial charge < -0.3 is 9.84 Å². The molecular formula is C16H24O3. The van der Waals surface area contributed by atoms with Crippen LogP contribution >= 0.6 is 0 Å². The molecule has 4 aliphatic rings. The first kappa shape index (κ1) is 12.3. The van der Waals surface area contributed by atoms with Gasteiger partial charge in [-0.05, 0) is 67.1 Å². The van der Waals surface area contributed by atoms with Crippen LogP contribution in [0.1, 0.15) is 44.9 Å². The molecule has 0 aromatic carbocycles. The van der Waals surface area contributed by atoms with E-state index in [1.54, 1.807) is 0 Å². The Hall–Kier alpha value is -0.410. The summed E-state index contributed by atoms with van der Waals surface area (Å²) in [6.45, 7) is 0.503. The van der Waals surface area contributed by atoms with E-state index in [2.05, 4.69) is 0 Å². The molecule has 4 aliphatic carbocycles. The number of Topliss-reactive ketones (excluding diaryl/α,β-unsaturated/α-hetero) is 1. The summed E-state index contributed by atoms with van der Waals surface area (Å²) >= 11 is 0. The highest BCUT2D eigenvalue weighted by molar-refractivity contribution is 5.80. The smallest absolute Gasteiger partial charge is 0.159 e. The van der Waals surface area contributed by atoms with Crippen molar-refractivity contribution in [2.75, 3.05) is 19.8 Å². The fourth-order valence-electron chi connectivity index (χ4n) is 6.58. The number of ketones is 1. The Morgan fingerprint density at radius 3 is 2.84 bits per heavy atom. The van der Waals surface area contributed by atoms with E-state index in [-0.39, 0.29) is 25.6 Å². The van der Waals surface area contributed by atoms with Crippen molar-refractivity contribution >= 4 is 5.78 Å². The maximum Gasteiger partial charge on any atom is 0.159 e. The van der Waals surface area contributed by atoms with Crippen molar-refractivity contribution in [2.24, 2.45) is 28.6 Å². The largest absolute Gasteiger partial charge is 0.394 e. The number of hydrogen-bond donors (Lipinski definition) is 1. The lowest BCUT2D eigenvalue weighted by Gasteiger charge is -2.59. The van der Waals surface area contributed by atoms with Crippen molar-refractivity contribution in [3.05, 3.63) is 0 Å². The summed E-state index contributed by atoms with van der Waals surface area (Å²) in [6, 6.07) is 0. The van der Waals surface area contributed by atoms with Gasteiger partial charge in [0.2, 0.25) is 0 Å². The van der Waals surface area contributed by atoms with Crippen LogP contribution in [-0.2, 0) is 9.53 Å². The quantitative estimate of drug-likeness (QED) is 0.748. The van der Waals surface area contributed by atoms with Gasteiger partial charge in [0.1, 0.15) is 6.61 Å². The zero-order valence-electron chi connectivity index (χ0n) is 11.6. The number of aliphatic hydroxyl groups excluding tert-OH is 1. The van der Waals surface area contributed by atoms with Crippen molar-refractivity contribution in [3.8, 4) is 0 Å². The van der Waals surface area contributed by atoms with Crippen molar-refractivity contribution in [3.63, 3.8) is 0 Å². The van der Waals surface area contributed by atoms with Gasteiger partial charge in [0.05, 0.1) is 13.2 Å². The molecule has 0 heterocycles. The van der Waals surface area contributed by atoms with E-state index in [1.165, 1.54) is 38.5 Å². The summed E-state index contributed by atoms with van der Waals surface area (Å²) in [4.78, 5) is 12.2.